The van der Waals surface area contributed by atoms with E-state index >= 15 is 0 Å². The molecule has 1 unspecified atom stereocenters. The van der Waals surface area contributed by atoms with Crippen molar-refractivity contribution in [3.05, 3.63) is 100 Å². The second-order valence-corrected chi connectivity index (χ2v) is 20.6. The van der Waals surface area contributed by atoms with Crippen molar-refractivity contribution in [2.24, 2.45) is 5.92 Å². The minimum atomic E-state index is -2.37. The number of pyridine rings is 1. The van der Waals surface area contributed by atoms with E-state index in [0.717, 1.165) is 11.3 Å². The van der Waals surface area contributed by atoms with Crippen molar-refractivity contribution in [1.29, 1.82) is 0 Å². The number of nitrogens with zero attached hydrogens (tertiary/aromatic N) is 2. The Morgan fingerprint density at radius 1 is 1.15 bits per heavy atom. The number of carbonyl (C=O) groups excluding carboxylic acids is 2. The number of carbonyl (C=O) groups is 2. The lowest BCUT2D eigenvalue weighted by Gasteiger charge is -2.41. The molecule has 0 spiro atoms. The lowest BCUT2D eigenvalue weighted by atomic mass is 9.88. The summed E-state index contributed by atoms with van der Waals surface area (Å²) in [5.74, 6) is -0.605. The first-order valence-corrected chi connectivity index (χ1v) is 21.9. The fraction of sp³-hybridized carbons (Fsp3) is 0.548. The molecule has 12 nitrogen and oxygen atoms in total. The molecule has 2 heterocycles. The SMILES string of the molecule is CCOC(C)O[C@]1(C)CC[C@@H](O[Si](C)(C)C(C)(C)C)CC(=O)O[C@H](/C(C)=C/C=C/[C@@H](C)c2ccccn2)[C@@H](C)/C=C\[C@@H]1OC(=O)Oc1ccc([N+](=O)[O-])cc1. The summed E-state index contributed by atoms with van der Waals surface area (Å²) in [6.07, 6.45) is 8.09. The fourth-order valence-corrected chi connectivity index (χ4v) is 7.36. The second-order valence-electron chi connectivity index (χ2n) is 15.8. The van der Waals surface area contributed by atoms with Gasteiger partial charge in [0.05, 0.1) is 17.4 Å². The first-order chi connectivity index (χ1) is 25.7. The number of hydrogen-bond acceptors (Lipinski definition) is 11. The van der Waals surface area contributed by atoms with Gasteiger partial charge in [-0.15, -0.1) is 0 Å². The summed E-state index contributed by atoms with van der Waals surface area (Å²) in [5.41, 5.74) is 0.429. The number of aromatic nitrogens is 1. The molecular formula is C42H60N2O10Si. The topological polar surface area (TPSA) is 146 Å². The van der Waals surface area contributed by atoms with Gasteiger partial charge in [0.15, 0.2) is 20.7 Å². The van der Waals surface area contributed by atoms with Crippen molar-refractivity contribution < 1.29 is 42.6 Å². The second kappa shape index (κ2) is 20.1. The minimum Gasteiger partial charge on any atom is -0.457 e. The van der Waals surface area contributed by atoms with Crippen LogP contribution < -0.4 is 4.74 Å². The Balaban J connectivity index is 2.07. The molecule has 1 aromatic carbocycles. The number of ether oxygens (including phenoxy) is 5. The monoisotopic (exact) mass is 780 g/mol. The van der Waals surface area contributed by atoms with Gasteiger partial charge in [-0.3, -0.25) is 19.9 Å². The third-order valence-electron chi connectivity index (χ3n) is 10.2. The Labute approximate surface area is 327 Å². The number of benzene rings is 1. The molecule has 0 radical (unpaired) electrons. The molecule has 55 heavy (non-hydrogen) atoms. The zero-order valence-electron chi connectivity index (χ0n) is 34.3. The highest BCUT2D eigenvalue weighted by Crippen LogP contribution is 2.39. The molecule has 13 heteroatoms. The summed E-state index contributed by atoms with van der Waals surface area (Å²) in [6, 6.07) is 10.9. The van der Waals surface area contributed by atoms with Crippen LogP contribution in [-0.2, 0) is 28.2 Å². The lowest BCUT2D eigenvalue weighted by molar-refractivity contribution is -0.384. The Bertz CT molecular complexity index is 1650. The Morgan fingerprint density at radius 3 is 2.44 bits per heavy atom. The summed E-state index contributed by atoms with van der Waals surface area (Å²) in [7, 11) is -2.37. The number of rotatable bonds is 13. The number of nitro benzene ring substituents is 1. The fourth-order valence-electron chi connectivity index (χ4n) is 5.97. The average Bonchev–Trinajstić information content (AvgIpc) is 3.10. The van der Waals surface area contributed by atoms with Crippen molar-refractivity contribution in [3.63, 3.8) is 0 Å². The van der Waals surface area contributed by atoms with E-state index in [9.17, 15) is 19.7 Å². The Morgan fingerprint density at radius 2 is 1.84 bits per heavy atom. The largest absolute Gasteiger partial charge is 0.514 e. The maximum absolute atomic E-state index is 13.8. The maximum Gasteiger partial charge on any atom is 0.514 e. The molecule has 1 aromatic heterocycles. The van der Waals surface area contributed by atoms with Crippen LogP contribution in [0.3, 0.4) is 0 Å². The summed E-state index contributed by atoms with van der Waals surface area (Å²) < 4.78 is 37.0. The first kappa shape index (κ1) is 45.2. The Hall–Kier alpha value is -4.17. The number of hydrogen-bond donors (Lipinski definition) is 0. The van der Waals surface area contributed by atoms with Crippen LogP contribution in [0.2, 0.25) is 18.1 Å². The molecule has 0 saturated heterocycles. The van der Waals surface area contributed by atoms with Gasteiger partial charge in [0, 0.05) is 42.5 Å². The third kappa shape index (κ3) is 13.8. The average molecular weight is 781 g/mol. The number of esters is 1. The zero-order valence-corrected chi connectivity index (χ0v) is 35.3. The lowest BCUT2D eigenvalue weighted by Crippen LogP contribution is -2.49. The molecule has 1 aliphatic heterocycles. The maximum atomic E-state index is 13.8. The van der Waals surface area contributed by atoms with Crippen molar-refractivity contribution in [2.75, 3.05) is 6.61 Å². The van der Waals surface area contributed by atoms with Gasteiger partial charge in [-0.25, -0.2) is 4.79 Å². The Kier molecular flexibility index (Phi) is 16.5. The minimum absolute atomic E-state index is 0.0179. The van der Waals surface area contributed by atoms with Gasteiger partial charge in [-0.2, -0.15) is 0 Å². The van der Waals surface area contributed by atoms with E-state index in [1.54, 1.807) is 19.2 Å². The molecule has 0 aliphatic carbocycles. The molecular weight excluding hydrogens is 721 g/mol. The van der Waals surface area contributed by atoms with Crippen LogP contribution in [0.5, 0.6) is 5.75 Å². The van der Waals surface area contributed by atoms with Gasteiger partial charge in [0.2, 0.25) is 0 Å². The number of allylic oxidation sites excluding steroid dienone is 3. The normalized spacial score (nSPS) is 24.9. The van der Waals surface area contributed by atoms with Crippen LogP contribution >= 0.6 is 0 Å². The summed E-state index contributed by atoms with van der Waals surface area (Å²) >= 11 is 0. The van der Waals surface area contributed by atoms with Crippen LogP contribution in [-0.4, -0.2) is 67.2 Å². The molecule has 7 atom stereocenters. The van der Waals surface area contributed by atoms with Crippen LogP contribution in [0.15, 0.2) is 84.6 Å². The van der Waals surface area contributed by atoms with Gasteiger partial charge >= 0.3 is 12.1 Å². The van der Waals surface area contributed by atoms with E-state index < -0.39 is 49.6 Å². The van der Waals surface area contributed by atoms with Crippen LogP contribution in [0, 0.1) is 16.0 Å². The molecule has 0 saturated carbocycles. The van der Waals surface area contributed by atoms with Crippen molar-refractivity contribution in [1.82, 2.24) is 4.98 Å². The van der Waals surface area contributed by atoms with Gasteiger partial charge in [0.25, 0.3) is 5.69 Å². The molecule has 3 rings (SSSR count). The number of non-ortho nitro benzene ring substituents is 1. The van der Waals surface area contributed by atoms with Gasteiger partial charge < -0.3 is 28.1 Å². The van der Waals surface area contributed by atoms with E-state index in [1.807, 2.05) is 70.2 Å². The molecule has 0 fully saturated rings. The molecule has 2 aromatic rings. The van der Waals surface area contributed by atoms with Crippen molar-refractivity contribution >= 4 is 26.1 Å². The molecule has 0 bridgehead atoms. The highest BCUT2D eigenvalue weighted by atomic mass is 28.4. The van der Waals surface area contributed by atoms with Crippen molar-refractivity contribution in [2.45, 2.75) is 136 Å². The zero-order chi connectivity index (χ0) is 41.0. The van der Waals surface area contributed by atoms with E-state index in [0.29, 0.717) is 19.4 Å². The molecule has 0 amide bonds. The van der Waals surface area contributed by atoms with E-state index in [-0.39, 0.29) is 40.7 Å². The van der Waals surface area contributed by atoms with Crippen LogP contribution in [0.1, 0.15) is 93.2 Å². The number of cyclic esters (lactones) is 1. The quantitative estimate of drug-likeness (QED) is 0.0280. The van der Waals surface area contributed by atoms with Gasteiger partial charge in [-0.05, 0) is 94.6 Å². The van der Waals surface area contributed by atoms with Gasteiger partial charge in [0.1, 0.15) is 17.5 Å². The van der Waals surface area contributed by atoms with Crippen LogP contribution in [0.25, 0.3) is 0 Å². The molecule has 0 N–H and O–H groups in total. The van der Waals surface area contributed by atoms with Crippen molar-refractivity contribution in [3.8, 4) is 5.75 Å². The summed E-state index contributed by atoms with van der Waals surface area (Å²) in [6.45, 7) is 22.5. The highest BCUT2D eigenvalue weighted by molar-refractivity contribution is 6.74. The smallest absolute Gasteiger partial charge is 0.457 e. The first-order valence-electron chi connectivity index (χ1n) is 19.0. The summed E-state index contributed by atoms with van der Waals surface area (Å²) in [4.78, 5) is 42.3. The molecule has 1 aliphatic rings. The van der Waals surface area contributed by atoms with Crippen LogP contribution in [0.4, 0.5) is 10.5 Å². The predicted molar refractivity (Wildman–Crippen MR) is 214 cm³/mol. The van der Waals surface area contributed by atoms with E-state index in [2.05, 4.69) is 45.8 Å². The number of nitro groups is 1. The van der Waals surface area contributed by atoms with E-state index in [1.165, 1.54) is 24.3 Å². The third-order valence-corrected chi connectivity index (χ3v) is 14.8. The molecule has 302 valence electrons. The standard InChI is InChI=1S/C42H60N2O10Si/c1-12-49-32(5)53-42(9)26-25-35(54-55(10,11)41(6,7)8)28-38(45)52-39(30(3)17-15-16-29(2)36-18-13-14-27-43-36)31(4)19-24-37(42)51-40(46)50-34-22-20-33(21-23-34)44(47)48/h13-24,27,29,31-32,35,37,39H,12,25-26,28H2,1-11H3/b16-15+,24-19-,30-17+/t29-,31+,32?,35-,37+,39-,42-/m1/s1. The highest BCUT2D eigenvalue weighted by Gasteiger charge is 2.43. The van der Waals surface area contributed by atoms with Gasteiger partial charge in [-0.1, -0.05) is 65.0 Å². The summed E-state index contributed by atoms with van der Waals surface area (Å²) in [5, 5.41) is 11.0. The van der Waals surface area contributed by atoms with E-state index in [4.69, 9.17) is 28.1 Å². The predicted octanol–water partition coefficient (Wildman–Crippen LogP) is 10.0.